The zero-order valence-electron chi connectivity index (χ0n) is 15.7. The Bertz CT molecular complexity index is 1040. The Kier molecular flexibility index (Phi) is 6.10. The summed E-state index contributed by atoms with van der Waals surface area (Å²) < 4.78 is 12.1. The quantitative estimate of drug-likeness (QED) is 0.600. The number of nitrogens with zero attached hydrogens (tertiary/aromatic N) is 2. The van der Waals surface area contributed by atoms with Gasteiger partial charge in [-0.3, -0.25) is 10.1 Å². The van der Waals surface area contributed by atoms with Gasteiger partial charge in [0.05, 0.1) is 28.5 Å². The fourth-order valence-electron chi connectivity index (χ4n) is 3.01. The SMILES string of the molecule is CC(Oc1ccc(Cl)cc1Cl)C(=O)Nc1nc2ccc(N3CCOCC3)cc2s1. The number of benzene rings is 2. The Morgan fingerprint density at radius 1 is 1.24 bits per heavy atom. The van der Waals surface area contributed by atoms with Crippen LogP contribution < -0.4 is 15.0 Å². The maximum Gasteiger partial charge on any atom is 0.266 e. The van der Waals surface area contributed by atoms with Crippen molar-refractivity contribution in [2.24, 2.45) is 0 Å². The van der Waals surface area contributed by atoms with Crippen LogP contribution in [0.4, 0.5) is 10.8 Å². The Morgan fingerprint density at radius 2 is 2.03 bits per heavy atom. The van der Waals surface area contributed by atoms with Gasteiger partial charge in [0.25, 0.3) is 5.91 Å². The first-order valence-electron chi connectivity index (χ1n) is 9.15. The Balaban J connectivity index is 1.44. The number of halogens is 2. The van der Waals surface area contributed by atoms with E-state index in [0.717, 1.165) is 42.2 Å². The Hall–Kier alpha value is -2.06. The standard InChI is InChI=1S/C20H19Cl2N3O3S/c1-12(28-17-5-2-13(21)10-15(17)22)19(26)24-20-23-16-4-3-14(11-18(16)29-20)25-6-8-27-9-7-25/h2-5,10-12H,6-9H2,1H3,(H,23,24,26). The summed E-state index contributed by atoms with van der Waals surface area (Å²) in [6, 6.07) is 11.0. The summed E-state index contributed by atoms with van der Waals surface area (Å²) in [5.41, 5.74) is 1.98. The maximum absolute atomic E-state index is 12.5. The van der Waals surface area contributed by atoms with Gasteiger partial charge in [0.15, 0.2) is 11.2 Å². The highest BCUT2D eigenvalue weighted by Gasteiger charge is 2.19. The highest BCUT2D eigenvalue weighted by Crippen LogP contribution is 2.31. The molecule has 0 radical (unpaired) electrons. The topological polar surface area (TPSA) is 63.7 Å². The molecule has 1 atom stereocenters. The number of rotatable bonds is 5. The molecule has 9 heteroatoms. The summed E-state index contributed by atoms with van der Waals surface area (Å²) in [6.07, 6.45) is -0.746. The number of aromatic nitrogens is 1. The Labute approximate surface area is 182 Å². The van der Waals surface area contributed by atoms with Gasteiger partial charge in [-0.25, -0.2) is 4.98 Å². The van der Waals surface area contributed by atoms with E-state index < -0.39 is 6.10 Å². The van der Waals surface area contributed by atoms with Crippen molar-refractivity contribution in [2.75, 3.05) is 36.5 Å². The second-order valence-electron chi connectivity index (χ2n) is 6.59. The van der Waals surface area contributed by atoms with E-state index in [-0.39, 0.29) is 5.91 Å². The number of thiazole rings is 1. The molecule has 1 aliphatic heterocycles. The highest BCUT2D eigenvalue weighted by molar-refractivity contribution is 7.22. The predicted octanol–water partition coefficient (Wildman–Crippen LogP) is 4.85. The van der Waals surface area contributed by atoms with Crippen molar-refractivity contribution in [1.82, 2.24) is 4.98 Å². The first-order valence-corrected chi connectivity index (χ1v) is 10.7. The van der Waals surface area contributed by atoms with Crippen LogP contribution in [-0.2, 0) is 9.53 Å². The van der Waals surface area contributed by atoms with Crippen LogP contribution in [0.5, 0.6) is 5.75 Å². The van der Waals surface area contributed by atoms with Gasteiger partial charge in [0.1, 0.15) is 5.75 Å². The highest BCUT2D eigenvalue weighted by atomic mass is 35.5. The second-order valence-corrected chi connectivity index (χ2v) is 8.47. The average Bonchev–Trinajstić information content (AvgIpc) is 3.12. The molecule has 0 bridgehead atoms. The zero-order chi connectivity index (χ0) is 20.4. The van der Waals surface area contributed by atoms with Gasteiger partial charge in [-0.2, -0.15) is 0 Å². The van der Waals surface area contributed by atoms with Crippen molar-refractivity contribution in [3.8, 4) is 5.75 Å². The van der Waals surface area contributed by atoms with Crippen molar-refractivity contribution in [3.63, 3.8) is 0 Å². The summed E-state index contributed by atoms with van der Waals surface area (Å²) in [5, 5.41) is 4.21. The fraction of sp³-hybridized carbons (Fsp3) is 0.300. The van der Waals surface area contributed by atoms with Crippen LogP contribution in [0.2, 0.25) is 10.0 Å². The molecule has 1 unspecified atom stereocenters. The summed E-state index contributed by atoms with van der Waals surface area (Å²) in [4.78, 5) is 19.3. The minimum absolute atomic E-state index is 0.302. The third-order valence-corrected chi connectivity index (χ3v) is 6.01. The number of ether oxygens (including phenoxy) is 2. The number of morpholine rings is 1. The molecule has 1 fully saturated rings. The van der Waals surface area contributed by atoms with E-state index in [1.807, 2.05) is 12.1 Å². The van der Waals surface area contributed by atoms with Crippen LogP contribution in [0, 0.1) is 0 Å². The monoisotopic (exact) mass is 451 g/mol. The van der Waals surface area contributed by atoms with Crippen molar-refractivity contribution in [2.45, 2.75) is 13.0 Å². The number of hydrogen-bond donors (Lipinski definition) is 1. The van der Waals surface area contributed by atoms with Gasteiger partial charge in [0, 0.05) is 23.8 Å². The first-order chi connectivity index (χ1) is 14.0. The van der Waals surface area contributed by atoms with E-state index in [0.29, 0.717) is 20.9 Å². The van der Waals surface area contributed by atoms with Crippen LogP contribution in [0.15, 0.2) is 36.4 Å². The molecule has 2 heterocycles. The second kappa shape index (κ2) is 8.75. The lowest BCUT2D eigenvalue weighted by Gasteiger charge is -2.28. The summed E-state index contributed by atoms with van der Waals surface area (Å²) in [6.45, 7) is 4.87. The normalized spacial score (nSPS) is 15.3. The number of amides is 1. The minimum Gasteiger partial charge on any atom is -0.479 e. The van der Waals surface area contributed by atoms with Crippen LogP contribution in [0.1, 0.15) is 6.92 Å². The lowest BCUT2D eigenvalue weighted by atomic mass is 10.2. The number of fused-ring (bicyclic) bond motifs is 1. The lowest BCUT2D eigenvalue weighted by molar-refractivity contribution is -0.122. The molecule has 4 rings (SSSR count). The molecule has 1 saturated heterocycles. The number of carbonyl (C=O) groups is 1. The zero-order valence-corrected chi connectivity index (χ0v) is 18.0. The van der Waals surface area contributed by atoms with E-state index in [2.05, 4.69) is 21.3 Å². The van der Waals surface area contributed by atoms with E-state index in [1.165, 1.54) is 11.3 Å². The molecule has 2 aromatic carbocycles. The predicted molar refractivity (Wildman–Crippen MR) is 118 cm³/mol. The van der Waals surface area contributed by atoms with Gasteiger partial charge in [-0.05, 0) is 43.3 Å². The van der Waals surface area contributed by atoms with E-state index in [9.17, 15) is 4.79 Å². The molecule has 0 aliphatic carbocycles. The summed E-state index contributed by atoms with van der Waals surface area (Å²) in [5.74, 6) is 0.0987. The minimum atomic E-state index is -0.746. The van der Waals surface area contributed by atoms with Crippen molar-refractivity contribution >= 4 is 61.5 Å². The molecule has 29 heavy (non-hydrogen) atoms. The molecule has 152 valence electrons. The summed E-state index contributed by atoms with van der Waals surface area (Å²) >= 11 is 13.4. The molecular weight excluding hydrogens is 433 g/mol. The molecule has 6 nitrogen and oxygen atoms in total. The van der Waals surface area contributed by atoms with E-state index in [1.54, 1.807) is 25.1 Å². The van der Waals surface area contributed by atoms with Gasteiger partial charge in [-0.15, -0.1) is 0 Å². The molecule has 1 aromatic heterocycles. The van der Waals surface area contributed by atoms with Gasteiger partial charge in [-0.1, -0.05) is 34.5 Å². The molecule has 3 aromatic rings. The molecule has 1 aliphatic rings. The molecular formula is C20H19Cl2N3O3S. The van der Waals surface area contributed by atoms with Crippen LogP contribution in [0.25, 0.3) is 10.2 Å². The van der Waals surface area contributed by atoms with Crippen molar-refractivity contribution in [1.29, 1.82) is 0 Å². The average molecular weight is 452 g/mol. The number of nitrogens with one attached hydrogen (secondary N) is 1. The molecule has 1 N–H and O–H groups in total. The van der Waals surface area contributed by atoms with Gasteiger partial charge < -0.3 is 14.4 Å². The van der Waals surface area contributed by atoms with Crippen LogP contribution in [0.3, 0.4) is 0 Å². The largest absolute Gasteiger partial charge is 0.479 e. The maximum atomic E-state index is 12.5. The van der Waals surface area contributed by atoms with Crippen LogP contribution in [-0.4, -0.2) is 43.3 Å². The lowest BCUT2D eigenvalue weighted by Crippen LogP contribution is -2.36. The third kappa shape index (κ3) is 4.75. The van der Waals surface area contributed by atoms with E-state index in [4.69, 9.17) is 32.7 Å². The third-order valence-electron chi connectivity index (χ3n) is 4.55. The van der Waals surface area contributed by atoms with Crippen molar-refractivity contribution < 1.29 is 14.3 Å². The number of anilines is 2. The van der Waals surface area contributed by atoms with Crippen LogP contribution >= 0.6 is 34.5 Å². The smallest absolute Gasteiger partial charge is 0.266 e. The van der Waals surface area contributed by atoms with Gasteiger partial charge in [0.2, 0.25) is 0 Å². The number of hydrogen-bond acceptors (Lipinski definition) is 6. The molecule has 0 saturated carbocycles. The Morgan fingerprint density at radius 3 is 2.79 bits per heavy atom. The fourth-order valence-corrected chi connectivity index (χ4v) is 4.36. The molecule has 0 spiro atoms. The summed E-state index contributed by atoms with van der Waals surface area (Å²) in [7, 11) is 0. The van der Waals surface area contributed by atoms with Crippen molar-refractivity contribution in [3.05, 3.63) is 46.4 Å². The molecule has 1 amide bonds. The number of carbonyl (C=O) groups excluding carboxylic acids is 1. The first kappa shape index (κ1) is 20.2. The van der Waals surface area contributed by atoms with Gasteiger partial charge >= 0.3 is 0 Å². The van der Waals surface area contributed by atoms with E-state index >= 15 is 0 Å².